The smallest absolute Gasteiger partial charge is 0.214 e. The topological polar surface area (TPSA) is 86.3 Å². The van der Waals surface area contributed by atoms with Crippen LogP contribution in [0.1, 0.15) is 33.1 Å². The van der Waals surface area contributed by atoms with Gasteiger partial charge in [-0.3, -0.25) is 9.89 Å². The molecule has 9 heteroatoms. The molecule has 158 valence electrons. The number of hydrogen-bond acceptors (Lipinski definition) is 5. The fourth-order valence-electron chi connectivity index (χ4n) is 4.00. The first-order valence-corrected chi connectivity index (χ1v) is 11.9. The van der Waals surface area contributed by atoms with Crippen LogP contribution in [0.2, 0.25) is 0 Å². The van der Waals surface area contributed by atoms with E-state index in [1.165, 1.54) is 0 Å². The number of hydrogen-bond donors (Lipinski definition) is 2. The summed E-state index contributed by atoms with van der Waals surface area (Å²) < 4.78 is 30.8. The molecule has 0 amide bonds. The molecule has 2 aliphatic heterocycles. The van der Waals surface area contributed by atoms with Crippen LogP contribution < -0.4 is 10.6 Å². The highest BCUT2D eigenvalue weighted by atomic mass is 32.2. The summed E-state index contributed by atoms with van der Waals surface area (Å²) in [7, 11) is -1.28. The van der Waals surface area contributed by atoms with Gasteiger partial charge in [0.25, 0.3) is 0 Å². The highest BCUT2D eigenvalue weighted by molar-refractivity contribution is 7.89. The largest absolute Gasteiger partial charge is 0.379 e. The van der Waals surface area contributed by atoms with Gasteiger partial charge < -0.3 is 15.4 Å². The lowest BCUT2D eigenvalue weighted by molar-refractivity contribution is 0.00272. The van der Waals surface area contributed by atoms with Gasteiger partial charge >= 0.3 is 0 Å². The van der Waals surface area contributed by atoms with Gasteiger partial charge in [-0.25, -0.2) is 12.7 Å². The summed E-state index contributed by atoms with van der Waals surface area (Å²) in [6.45, 7) is 10.6. The maximum Gasteiger partial charge on any atom is 0.214 e. The SMILES string of the molecule is CCC(CC)C(CNC(=NC)NCCN1CCCS1(=O)=O)N1CCOCC1. The van der Waals surface area contributed by atoms with Crippen molar-refractivity contribution >= 4 is 16.0 Å². The molecule has 2 saturated heterocycles. The lowest BCUT2D eigenvalue weighted by Gasteiger charge is -2.39. The normalized spacial score (nSPS) is 22.9. The molecule has 0 radical (unpaired) electrons. The van der Waals surface area contributed by atoms with E-state index >= 15 is 0 Å². The number of ether oxygens (including phenoxy) is 1. The van der Waals surface area contributed by atoms with Crippen LogP contribution in [-0.4, -0.2) is 94.9 Å². The summed E-state index contributed by atoms with van der Waals surface area (Å²) in [6.07, 6.45) is 3.03. The first kappa shape index (κ1) is 22.4. The van der Waals surface area contributed by atoms with Crippen LogP contribution in [0.25, 0.3) is 0 Å². The minimum atomic E-state index is -3.04. The van der Waals surface area contributed by atoms with Crippen LogP contribution in [0.4, 0.5) is 0 Å². The molecule has 8 nitrogen and oxygen atoms in total. The van der Waals surface area contributed by atoms with E-state index in [0.717, 1.165) is 58.1 Å². The maximum absolute atomic E-state index is 11.9. The molecule has 2 heterocycles. The van der Waals surface area contributed by atoms with Crippen LogP contribution in [0.15, 0.2) is 4.99 Å². The van der Waals surface area contributed by atoms with E-state index in [1.54, 1.807) is 11.4 Å². The monoisotopic (exact) mass is 403 g/mol. The number of rotatable bonds is 9. The third-order valence-corrected chi connectivity index (χ3v) is 7.62. The van der Waals surface area contributed by atoms with E-state index in [4.69, 9.17) is 4.74 Å². The Morgan fingerprint density at radius 1 is 1.15 bits per heavy atom. The minimum Gasteiger partial charge on any atom is -0.379 e. The lowest BCUT2D eigenvalue weighted by atomic mass is 9.92. The Morgan fingerprint density at radius 2 is 1.85 bits per heavy atom. The molecule has 0 aromatic rings. The molecule has 1 atom stereocenters. The van der Waals surface area contributed by atoms with Gasteiger partial charge in [-0.15, -0.1) is 0 Å². The van der Waals surface area contributed by atoms with Crippen molar-refractivity contribution in [2.24, 2.45) is 10.9 Å². The third kappa shape index (κ3) is 6.58. The van der Waals surface area contributed by atoms with E-state index in [0.29, 0.717) is 31.6 Å². The summed E-state index contributed by atoms with van der Waals surface area (Å²) in [6, 6.07) is 0.446. The van der Waals surface area contributed by atoms with Crippen molar-refractivity contribution in [2.75, 3.05) is 65.3 Å². The molecule has 1 unspecified atom stereocenters. The Kier molecular flexibility index (Phi) is 9.28. The zero-order chi connectivity index (χ0) is 19.7. The number of guanidine groups is 1. The molecule has 0 aliphatic carbocycles. The van der Waals surface area contributed by atoms with Crippen molar-refractivity contribution in [3.05, 3.63) is 0 Å². The van der Waals surface area contributed by atoms with Gasteiger partial charge in [0.05, 0.1) is 19.0 Å². The standard InChI is InChI=1S/C18H37N5O3S/c1-4-16(5-2)17(22-10-12-26-13-11-22)15-21-18(19-3)20-7-9-23-8-6-14-27(23,24)25/h16-17H,4-15H2,1-3H3,(H2,19,20,21). The second kappa shape index (κ2) is 11.2. The molecule has 2 N–H and O–H groups in total. The highest BCUT2D eigenvalue weighted by Gasteiger charge is 2.28. The average Bonchev–Trinajstić information content (AvgIpc) is 3.02. The summed E-state index contributed by atoms with van der Waals surface area (Å²) >= 11 is 0. The molecule has 2 fully saturated rings. The number of sulfonamides is 1. The number of nitrogens with one attached hydrogen (secondary N) is 2. The maximum atomic E-state index is 11.9. The Labute approximate surface area is 164 Å². The molecule has 0 aromatic heterocycles. The molecule has 2 aliphatic rings. The molecule has 27 heavy (non-hydrogen) atoms. The summed E-state index contributed by atoms with van der Waals surface area (Å²) in [5.74, 6) is 1.63. The minimum absolute atomic E-state index is 0.274. The van der Waals surface area contributed by atoms with Gasteiger partial charge in [0.1, 0.15) is 0 Å². The van der Waals surface area contributed by atoms with Crippen molar-refractivity contribution in [1.29, 1.82) is 0 Å². The second-order valence-corrected chi connectivity index (χ2v) is 9.33. The third-order valence-electron chi connectivity index (χ3n) is 5.67. The molecule has 0 aromatic carbocycles. The van der Waals surface area contributed by atoms with Crippen LogP contribution in [0, 0.1) is 5.92 Å². The first-order chi connectivity index (χ1) is 13.0. The summed E-state index contributed by atoms with van der Waals surface area (Å²) in [4.78, 5) is 6.83. The quantitative estimate of drug-likeness (QED) is 0.426. The first-order valence-electron chi connectivity index (χ1n) is 10.3. The van der Waals surface area contributed by atoms with Crippen molar-refractivity contribution in [3.63, 3.8) is 0 Å². The van der Waals surface area contributed by atoms with Crippen molar-refractivity contribution in [2.45, 2.75) is 39.2 Å². The average molecular weight is 404 g/mol. The van der Waals surface area contributed by atoms with Crippen molar-refractivity contribution < 1.29 is 13.2 Å². The molecule has 0 bridgehead atoms. The fourth-order valence-corrected chi connectivity index (χ4v) is 5.53. The van der Waals surface area contributed by atoms with E-state index in [1.807, 2.05) is 0 Å². The van der Waals surface area contributed by atoms with Gasteiger partial charge in [-0.05, 0) is 12.3 Å². The van der Waals surface area contributed by atoms with Crippen molar-refractivity contribution in [3.8, 4) is 0 Å². The number of aliphatic imine (C=N–C) groups is 1. The summed E-state index contributed by atoms with van der Waals surface area (Å²) in [5, 5.41) is 6.71. The van der Waals surface area contributed by atoms with Gasteiger partial charge in [0, 0.05) is 52.4 Å². The van der Waals surface area contributed by atoms with Crippen LogP contribution in [0.3, 0.4) is 0 Å². The number of nitrogens with zero attached hydrogens (tertiary/aromatic N) is 3. The zero-order valence-electron chi connectivity index (χ0n) is 17.1. The lowest BCUT2D eigenvalue weighted by Crippen LogP contribution is -2.53. The van der Waals surface area contributed by atoms with Crippen LogP contribution in [-0.2, 0) is 14.8 Å². The predicted molar refractivity (Wildman–Crippen MR) is 110 cm³/mol. The molecular weight excluding hydrogens is 366 g/mol. The molecular formula is C18H37N5O3S. The van der Waals surface area contributed by atoms with Gasteiger partial charge in [-0.1, -0.05) is 26.7 Å². The zero-order valence-corrected chi connectivity index (χ0v) is 17.9. The second-order valence-electron chi connectivity index (χ2n) is 7.24. The molecule has 2 rings (SSSR count). The van der Waals surface area contributed by atoms with E-state index in [9.17, 15) is 8.42 Å². The van der Waals surface area contributed by atoms with Gasteiger partial charge in [0.15, 0.2) is 5.96 Å². The van der Waals surface area contributed by atoms with Crippen molar-refractivity contribution in [1.82, 2.24) is 19.8 Å². The molecule has 0 spiro atoms. The molecule has 0 saturated carbocycles. The van der Waals surface area contributed by atoms with Crippen LogP contribution >= 0.6 is 0 Å². The van der Waals surface area contributed by atoms with Gasteiger partial charge in [-0.2, -0.15) is 0 Å². The van der Waals surface area contributed by atoms with Gasteiger partial charge in [0.2, 0.25) is 10.0 Å². The predicted octanol–water partition coefficient (Wildman–Crippen LogP) is 0.324. The highest BCUT2D eigenvalue weighted by Crippen LogP contribution is 2.19. The fraction of sp³-hybridized carbons (Fsp3) is 0.944. The Morgan fingerprint density at radius 3 is 2.41 bits per heavy atom. The summed E-state index contributed by atoms with van der Waals surface area (Å²) in [5.41, 5.74) is 0. The number of morpholine rings is 1. The Hall–Kier alpha value is -0.900. The Balaban J connectivity index is 1.83. The Bertz CT molecular complexity index is 559. The van der Waals surface area contributed by atoms with Crippen LogP contribution in [0.5, 0.6) is 0 Å². The van der Waals surface area contributed by atoms with E-state index in [-0.39, 0.29) is 5.75 Å². The van der Waals surface area contributed by atoms with E-state index in [2.05, 4.69) is 34.4 Å². The van der Waals surface area contributed by atoms with E-state index < -0.39 is 10.0 Å².